The second-order valence-corrected chi connectivity index (χ2v) is 9.10. The maximum absolute atomic E-state index is 12.3. The summed E-state index contributed by atoms with van der Waals surface area (Å²) in [5, 5.41) is 4.06. The van der Waals surface area contributed by atoms with Gasteiger partial charge in [0.25, 0.3) is 5.91 Å². The first-order valence-electron chi connectivity index (χ1n) is 8.22. The Labute approximate surface area is 168 Å². The van der Waals surface area contributed by atoms with Crippen molar-refractivity contribution in [3.63, 3.8) is 0 Å². The predicted molar refractivity (Wildman–Crippen MR) is 113 cm³/mol. The summed E-state index contributed by atoms with van der Waals surface area (Å²) >= 11 is 3.36. The highest BCUT2D eigenvalue weighted by atomic mass is 79.9. The number of carbonyl (C=O) groups is 1. The van der Waals surface area contributed by atoms with E-state index in [2.05, 4.69) is 26.5 Å². The van der Waals surface area contributed by atoms with Crippen LogP contribution in [0.2, 0.25) is 0 Å². The zero-order valence-electron chi connectivity index (χ0n) is 15.7. The zero-order chi connectivity index (χ0) is 20.2. The Bertz CT molecular complexity index is 970. The van der Waals surface area contributed by atoms with Crippen LogP contribution in [0.3, 0.4) is 0 Å². The van der Waals surface area contributed by atoms with Crippen LogP contribution in [0.4, 0.5) is 5.69 Å². The molecule has 0 fully saturated rings. The number of halogens is 1. The fourth-order valence-corrected chi connectivity index (χ4v) is 3.46. The normalized spacial score (nSPS) is 12.0. The average Bonchev–Trinajstić information content (AvgIpc) is 2.59. The molecule has 2 rings (SSSR count). The Morgan fingerprint density at radius 2 is 1.74 bits per heavy atom. The van der Waals surface area contributed by atoms with E-state index < -0.39 is 15.9 Å². The Morgan fingerprint density at radius 1 is 1.11 bits per heavy atom. The molecule has 0 aliphatic carbocycles. The van der Waals surface area contributed by atoms with Crippen LogP contribution in [0, 0.1) is 13.8 Å². The number of nitrogens with one attached hydrogen (secondary N) is 1. The predicted octanol–water partition coefficient (Wildman–Crippen LogP) is 3.37. The van der Waals surface area contributed by atoms with Gasteiger partial charge in [-0.05, 0) is 61.7 Å². The van der Waals surface area contributed by atoms with Crippen LogP contribution in [0.25, 0.3) is 0 Å². The maximum atomic E-state index is 12.3. The minimum atomic E-state index is -3.62. The van der Waals surface area contributed by atoms with Gasteiger partial charge < -0.3 is 0 Å². The van der Waals surface area contributed by atoms with Crippen molar-refractivity contribution >= 4 is 43.3 Å². The second kappa shape index (κ2) is 8.67. The van der Waals surface area contributed by atoms with Crippen molar-refractivity contribution in [2.45, 2.75) is 20.8 Å². The largest absolute Gasteiger partial charge is 0.271 e. The number of carbonyl (C=O) groups excluding carboxylic acids is 1. The summed E-state index contributed by atoms with van der Waals surface area (Å²) in [6.45, 7) is 5.25. The number of hydrogen-bond acceptors (Lipinski definition) is 4. The molecule has 0 unspecified atom stereocenters. The van der Waals surface area contributed by atoms with E-state index in [1.54, 1.807) is 19.1 Å². The quantitative estimate of drug-likeness (QED) is 0.539. The molecule has 27 heavy (non-hydrogen) atoms. The molecule has 0 atom stereocenters. The van der Waals surface area contributed by atoms with Gasteiger partial charge >= 0.3 is 0 Å². The lowest BCUT2D eigenvalue weighted by Gasteiger charge is -2.22. The minimum Gasteiger partial charge on any atom is -0.271 e. The lowest BCUT2D eigenvalue weighted by atomic mass is 10.1. The molecular formula is C19H22BrN3O3S. The number of aryl methyl sites for hydroxylation is 2. The van der Waals surface area contributed by atoms with Crippen LogP contribution in [0.1, 0.15) is 23.6 Å². The van der Waals surface area contributed by atoms with Crippen LogP contribution < -0.4 is 9.73 Å². The smallest absolute Gasteiger partial charge is 0.260 e. The van der Waals surface area contributed by atoms with Gasteiger partial charge in [0.1, 0.15) is 6.54 Å². The molecule has 0 aromatic heterocycles. The van der Waals surface area contributed by atoms with Crippen LogP contribution in [-0.2, 0) is 14.8 Å². The van der Waals surface area contributed by atoms with E-state index in [1.807, 2.05) is 44.2 Å². The van der Waals surface area contributed by atoms with Gasteiger partial charge in [-0.15, -0.1) is 0 Å². The van der Waals surface area contributed by atoms with Crippen molar-refractivity contribution in [2.24, 2.45) is 5.10 Å². The summed E-state index contributed by atoms with van der Waals surface area (Å²) in [6.07, 6.45) is 1.08. The lowest BCUT2D eigenvalue weighted by Crippen LogP contribution is -2.39. The summed E-state index contributed by atoms with van der Waals surface area (Å²) in [4.78, 5) is 12.3. The minimum absolute atomic E-state index is 0.349. The molecule has 0 bridgehead atoms. The number of rotatable bonds is 6. The third-order valence-corrected chi connectivity index (χ3v) is 5.75. The molecule has 0 saturated heterocycles. The summed E-state index contributed by atoms with van der Waals surface area (Å²) in [6, 6.07) is 12.8. The number of hydrazone groups is 1. The van der Waals surface area contributed by atoms with Crippen LogP contribution in [0.5, 0.6) is 0 Å². The molecule has 1 amide bonds. The van der Waals surface area contributed by atoms with Crippen molar-refractivity contribution in [1.82, 2.24) is 5.43 Å². The molecule has 0 aliphatic heterocycles. The van der Waals surface area contributed by atoms with E-state index in [-0.39, 0.29) is 6.54 Å². The molecule has 6 nitrogen and oxygen atoms in total. The molecule has 0 saturated carbocycles. The fraction of sp³-hybridized carbons (Fsp3) is 0.263. The average molecular weight is 452 g/mol. The Kier molecular flexibility index (Phi) is 6.78. The van der Waals surface area contributed by atoms with Crippen molar-refractivity contribution in [2.75, 3.05) is 17.1 Å². The van der Waals surface area contributed by atoms with Crippen LogP contribution in [0.15, 0.2) is 52.0 Å². The fourth-order valence-electron chi connectivity index (χ4n) is 2.35. The first-order valence-corrected chi connectivity index (χ1v) is 10.9. The number of sulfonamides is 1. The van der Waals surface area contributed by atoms with Gasteiger partial charge in [0.2, 0.25) is 10.0 Å². The zero-order valence-corrected chi connectivity index (χ0v) is 18.1. The lowest BCUT2D eigenvalue weighted by molar-refractivity contribution is -0.119. The highest BCUT2D eigenvalue weighted by molar-refractivity contribution is 9.10. The molecule has 144 valence electrons. The van der Waals surface area contributed by atoms with Crippen LogP contribution in [-0.4, -0.2) is 32.8 Å². The van der Waals surface area contributed by atoms with Gasteiger partial charge in [0.05, 0.1) is 17.7 Å². The van der Waals surface area contributed by atoms with Gasteiger partial charge in [-0.2, -0.15) is 5.10 Å². The van der Waals surface area contributed by atoms with E-state index in [0.717, 1.165) is 31.7 Å². The molecular weight excluding hydrogens is 430 g/mol. The summed E-state index contributed by atoms with van der Waals surface area (Å²) < 4.78 is 26.3. The standard InChI is InChI=1S/C19H22BrN3O3S/c1-13-5-10-18(11-14(13)2)23(27(4,25)26)12-19(24)22-21-15(3)16-6-8-17(20)9-7-16/h5-11H,12H2,1-4H3,(H,22,24)/b21-15-. The van der Waals surface area contributed by atoms with E-state index in [4.69, 9.17) is 0 Å². The van der Waals surface area contributed by atoms with Gasteiger partial charge in [-0.3, -0.25) is 9.10 Å². The molecule has 0 heterocycles. The van der Waals surface area contributed by atoms with Crippen molar-refractivity contribution < 1.29 is 13.2 Å². The van der Waals surface area contributed by atoms with Crippen molar-refractivity contribution in [1.29, 1.82) is 0 Å². The number of nitrogens with zero attached hydrogens (tertiary/aromatic N) is 2. The summed E-state index contributed by atoms with van der Waals surface area (Å²) in [5.74, 6) is -0.518. The van der Waals surface area contributed by atoms with E-state index in [0.29, 0.717) is 11.4 Å². The molecule has 0 spiro atoms. The van der Waals surface area contributed by atoms with Gasteiger partial charge in [-0.25, -0.2) is 13.8 Å². The van der Waals surface area contributed by atoms with Gasteiger partial charge in [0.15, 0.2) is 0 Å². The first-order chi connectivity index (χ1) is 12.6. The molecule has 0 aliphatic rings. The highest BCUT2D eigenvalue weighted by Crippen LogP contribution is 2.21. The number of amides is 1. The first kappa shape index (κ1) is 21.1. The molecule has 1 N–H and O–H groups in total. The van der Waals surface area contributed by atoms with Gasteiger partial charge in [0, 0.05) is 4.47 Å². The van der Waals surface area contributed by atoms with E-state index >= 15 is 0 Å². The maximum Gasteiger partial charge on any atom is 0.260 e. The number of anilines is 1. The van der Waals surface area contributed by atoms with E-state index in [9.17, 15) is 13.2 Å². The number of hydrogen-bond donors (Lipinski definition) is 1. The Balaban J connectivity index is 2.15. The molecule has 2 aromatic rings. The molecule has 8 heteroatoms. The van der Waals surface area contributed by atoms with Crippen molar-refractivity contribution in [3.05, 3.63) is 63.6 Å². The third-order valence-electron chi connectivity index (χ3n) is 4.08. The number of benzene rings is 2. The molecule has 2 aromatic carbocycles. The van der Waals surface area contributed by atoms with E-state index in [1.165, 1.54) is 0 Å². The summed E-state index contributed by atoms with van der Waals surface area (Å²) in [7, 11) is -3.62. The van der Waals surface area contributed by atoms with Crippen LogP contribution >= 0.6 is 15.9 Å². The second-order valence-electron chi connectivity index (χ2n) is 6.28. The molecule has 0 radical (unpaired) electrons. The Hall–Kier alpha value is -2.19. The Morgan fingerprint density at radius 3 is 2.30 bits per heavy atom. The topological polar surface area (TPSA) is 78.8 Å². The highest BCUT2D eigenvalue weighted by Gasteiger charge is 2.21. The SMILES string of the molecule is C/C(=N/NC(=O)CN(c1ccc(C)c(C)c1)S(C)(=O)=O)c1ccc(Br)cc1. The monoisotopic (exact) mass is 451 g/mol. The van der Waals surface area contributed by atoms with Gasteiger partial charge in [-0.1, -0.05) is 34.1 Å². The summed E-state index contributed by atoms with van der Waals surface area (Å²) in [5.41, 5.74) is 6.34. The third kappa shape index (κ3) is 5.90. The van der Waals surface area contributed by atoms with Crippen molar-refractivity contribution in [3.8, 4) is 0 Å².